The molecule has 0 amide bonds. The lowest BCUT2D eigenvalue weighted by Gasteiger charge is -2.10. The summed E-state index contributed by atoms with van der Waals surface area (Å²) in [6.45, 7) is 3.87. The van der Waals surface area contributed by atoms with Gasteiger partial charge in [0.2, 0.25) is 0 Å². The Kier molecular flexibility index (Phi) is 2.47. The first-order valence-corrected chi connectivity index (χ1v) is 3.86. The normalized spacial score (nSPS) is 13.1. The molecule has 1 atom stereocenters. The molecule has 0 aromatic carbocycles. The molecule has 0 aliphatic heterocycles. The summed E-state index contributed by atoms with van der Waals surface area (Å²) in [4.78, 5) is 3.94. The van der Waals surface area contributed by atoms with Crippen molar-refractivity contribution in [3.05, 3.63) is 28.5 Å². The number of pyridine rings is 1. The van der Waals surface area contributed by atoms with Crippen molar-refractivity contribution in [2.24, 2.45) is 5.73 Å². The second kappa shape index (κ2) is 3.20. The van der Waals surface area contributed by atoms with E-state index < -0.39 is 0 Å². The highest BCUT2D eigenvalue weighted by Gasteiger charge is 2.07. The first-order valence-electron chi connectivity index (χ1n) is 3.48. The summed E-state index contributed by atoms with van der Waals surface area (Å²) >= 11 is 5.88. The molecular formula is C8H11ClN2. The van der Waals surface area contributed by atoms with Crippen LogP contribution in [-0.4, -0.2) is 4.98 Å². The molecule has 1 rings (SSSR count). The summed E-state index contributed by atoms with van der Waals surface area (Å²) in [5, 5.41) is 0.653. The molecule has 0 radical (unpaired) electrons. The van der Waals surface area contributed by atoms with Crippen LogP contribution in [0.5, 0.6) is 0 Å². The fraction of sp³-hybridized carbons (Fsp3) is 0.375. The lowest BCUT2D eigenvalue weighted by Crippen LogP contribution is -2.07. The van der Waals surface area contributed by atoms with Crippen molar-refractivity contribution < 1.29 is 0 Å². The van der Waals surface area contributed by atoms with Gasteiger partial charge in [-0.05, 0) is 25.0 Å². The maximum Gasteiger partial charge on any atom is 0.0639 e. The predicted octanol–water partition coefficient (Wildman–Crippen LogP) is 2.06. The summed E-state index contributed by atoms with van der Waals surface area (Å²) in [6.07, 6.45) is 3.39. The number of halogens is 1. The van der Waals surface area contributed by atoms with E-state index in [0.29, 0.717) is 5.02 Å². The average molecular weight is 171 g/mol. The van der Waals surface area contributed by atoms with Gasteiger partial charge in [0.1, 0.15) is 0 Å². The summed E-state index contributed by atoms with van der Waals surface area (Å²) in [7, 11) is 0. The SMILES string of the molecule is Cc1cncc(Cl)c1C(C)N. The van der Waals surface area contributed by atoms with E-state index in [1.165, 1.54) is 0 Å². The van der Waals surface area contributed by atoms with Gasteiger partial charge >= 0.3 is 0 Å². The number of aryl methyl sites for hydroxylation is 1. The highest BCUT2D eigenvalue weighted by molar-refractivity contribution is 6.31. The van der Waals surface area contributed by atoms with Crippen LogP contribution in [0.3, 0.4) is 0 Å². The minimum Gasteiger partial charge on any atom is -0.324 e. The molecule has 1 heterocycles. The van der Waals surface area contributed by atoms with Crippen LogP contribution in [0.1, 0.15) is 24.1 Å². The monoisotopic (exact) mass is 170 g/mol. The number of hydrogen-bond donors (Lipinski definition) is 1. The predicted molar refractivity (Wildman–Crippen MR) is 46.6 cm³/mol. The fourth-order valence-corrected chi connectivity index (χ4v) is 1.50. The number of rotatable bonds is 1. The molecule has 1 unspecified atom stereocenters. The number of aromatic nitrogens is 1. The second-order valence-electron chi connectivity index (χ2n) is 2.64. The van der Waals surface area contributed by atoms with Gasteiger partial charge in [0.15, 0.2) is 0 Å². The summed E-state index contributed by atoms with van der Waals surface area (Å²) in [6, 6.07) is -0.0227. The van der Waals surface area contributed by atoms with Crippen LogP contribution in [-0.2, 0) is 0 Å². The van der Waals surface area contributed by atoms with Gasteiger partial charge in [0.05, 0.1) is 5.02 Å². The second-order valence-corrected chi connectivity index (χ2v) is 3.05. The highest BCUT2D eigenvalue weighted by Crippen LogP contribution is 2.22. The molecule has 1 aromatic heterocycles. The summed E-state index contributed by atoms with van der Waals surface area (Å²) < 4.78 is 0. The van der Waals surface area contributed by atoms with Gasteiger partial charge in [0, 0.05) is 18.4 Å². The van der Waals surface area contributed by atoms with Crippen molar-refractivity contribution >= 4 is 11.6 Å². The van der Waals surface area contributed by atoms with Gasteiger partial charge in [-0.25, -0.2) is 0 Å². The maximum atomic E-state index is 5.88. The minimum absolute atomic E-state index is 0.0227. The van der Waals surface area contributed by atoms with Gasteiger partial charge in [0.25, 0.3) is 0 Å². The fourth-order valence-electron chi connectivity index (χ4n) is 1.12. The van der Waals surface area contributed by atoms with E-state index in [2.05, 4.69) is 4.98 Å². The van der Waals surface area contributed by atoms with E-state index in [-0.39, 0.29) is 6.04 Å². The smallest absolute Gasteiger partial charge is 0.0639 e. The van der Waals surface area contributed by atoms with E-state index in [9.17, 15) is 0 Å². The molecule has 0 saturated heterocycles. The molecule has 0 aliphatic carbocycles. The van der Waals surface area contributed by atoms with Crippen LogP contribution >= 0.6 is 11.6 Å². The molecule has 1 aromatic rings. The van der Waals surface area contributed by atoms with Crippen molar-refractivity contribution in [1.82, 2.24) is 4.98 Å². The number of nitrogens with zero attached hydrogens (tertiary/aromatic N) is 1. The number of nitrogens with two attached hydrogens (primary N) is 1. The Bertz CT molecular complexity index is 238. The van der Waals surface area contributed by atoms with Gasteiger partial charge in [-0.1, -0.05) is 11.6 Å². The van der Waals surface area contributed by atoms with Crippen molar-refractivity contribution in [2.45, 2.75) is 19.9 Å². The molecule has 2 nitrogen and oxygen atoms in total. The lowest BCUT2D eigenvalue weighted by molar-refractivity contribution is 0.807. The van der Waals surface area contributed by atoms with Crippen LogP contribution in [0.15, 0.2) is 12.4 Å². The molecule has 0 bridgehead atoms. The zero-order valence-electron chi connectivity index (χ0n) is 6.63. The van der Waals surface area contributed by atoms with E-state index in [4.69, 9.17) is 17.3 Å². The number of hydrogen-bond acceptors (Lipinski definition) is 2. The molecule has 11 heavy (non-hydrogen) atoms. The van der Waals surface area contributed by atoms with Crippen LogP contribution in [0.25, 0.3) is 0 Å². The Morgan fingerprint density at radius 1 is 1.55 bits per heavy atom. The van der Waals surface area contributed by atoms with Crippen LogP contribution in [0.2, 0.25) is 5.02 Å². The Hall–Kier alpha value is -0.600. The van der Waals surface area contributed by atoms with Crippen molar-refractivity contribution in [3.63, 3.8) is 0 Å². The van der Waals surface area contributed by atoms with E-state index >= 15 is 0 Å². The molecule has 0 saturated carbocycles. The van der Waals surface area contributed by atoms with E-state index in [0.717, 1.165) is 11.1 Å². The minimum atomic E-state index is -0.0227. The largest absolute Gasteiger partial charge is 0.324 e. The molecular weight excluding hydrogens is 160 g/mol. The van der Waals surface area contributed by atoms with Gasteiger partial charge in [-0.15, -0.1) is 0 Å². The molecule has 2 N–H and O–H groups in total. The molecule has 60 valence electrons. The molecule has 0 fully saturated rings. The van der Waals surface area contributed by atoms with Crippen molar-refractivity contribution in [2.75, 3.05) is 0 Å². The van der Waals surface area contributed by atoms with Crippen molar-refractivity contribution in [3.8, 4) is 0 Å². The van der Waals surface area contributed by atoms with Crippen molar-refractivity contribution in [1.29, 1.82) is 0 Å². The van der Waals surface area contributed by atoms with Crippen LogP contribution < -0.4 is 5.73 Å². The van der Waals surface area contributed by atoms with Gasteiger partial charge in [-0.2, -0.15) is 0 Å². The topological polar surface area (TPSA) is 38.9 Å². The highest BCUT2D eigenvalue weighted by atomic mass is 35.5. The molecule has 3 heteroatoms. The Labute approximate surface area is 71.4 Å². The molecule has 0 spiro atoms. The third-order valence-corrected chi connectivity index (χ3v) is 1.89. The third kappa shape index (κ3) is 1.70. The van der Waals surface area contributed by atoms with Crippen LogP contribution in [0.4, 0.5) is 0 Å². The van der Waals surface area contributed by atoms with E-state index in [1.54, 1.807) is 12.4 Å². The Morgan fingerprint density at radius 2 is 2.18 bits per heavy atom. The third-order valence-electron chi connectivity index (χ3n) is 1.59. The maximum absolute atomic E-state index is 5.88. The van der Waals surface area contributed by atoms with Gasteiger partial charge < -0.3 is 5.73 Å². The Balaban J connectivity index is 3.21. The Morgan fingerprint density at radius 3 is 2.55 bits per heavy atom. The summed E-state index contributed by atoms with van der Waals surface area (Å²) in [5.74, 6) is 0. The average Bonchev–Trinajstić information content (AvgIpc) is 1.85. The first-order chi connectivity index (χ1) is 5.13. The lowest BCUT2D eigenvalue weighted by atomic mass is 10.1. The van der Waals surface area contributed by atoms with Crippen LogP contribution in [0, 0.1) is 6.92 Å². The van der Waals surface area contributed by atoms with E-state index in [1.807, 2.05) is 13.8 Å². The summed E-state index contributed by atoms with van der Waals surface area (Å²) in [5.41, 5.74) is 7.74. The zero-order chi connectivity index (χ0) is 8.43. The standard InChI is InChI=1S/C8H11ClN2/c1-5-3-11-4-7(9)8(5)6(2)10/h3-4,6H,10H2,1-2H3. The van der Waals surface area contributed by atoms with Gasteiger partial charge in [-0.3, -0.25) is 4.98 Å². The first kappa shape index (κ1) is 8.50. The quantitative estimate of drug-likeness (QED) is 0.701. The molecule has 0 aliphatic rings. The zero-order valence-corrected chi connectivity index (χ0v) is 7.39.